The van der Waals surface area contributed by atoms with E-state index >= 15 is 0 Å². The van der Waals surface area contributed by atoms with Gasteiger partial charge in [0.05, 0.1) is 6.54 Å². The molecule has 0 aliphatic carbocycles. The molecule has 7 nitrogen and oxygen atoms in total. The van der Waals surface area contributed by atoms with Crippen molar-refractivity contribution in [1.29, 1.82) is 0 Å². The number of anilines is 2. The van der Waals surface area contributed by atoms with E-state index < -0.39 is 0 Å². The van der Waals surface area contributed by atoms with Gasteiger partial charge in [0.1, 0.15) is 23.8 Å². The molecule has 3 heterocycles. The lowest BCUT2D eigenvalue weighted by atomic mass is 10.1. The van der Waals surface area contributed by atoms with Gasteiger partial charge in [-0.3, -0.25) is 4.98 Å². The molecule has 4 aromatic rings. The standard InChI is InChI=1S/C13H12FN3.C9H8N4/c1-15-17(13-8-4-5-9-16-13)10-11-6-2-3-7-12(11)14;10-9-8(5-12-6-13-9)7-1-3-11-4-2-7/h2-9H,1,10H2;1-6H,(H2,10,12,13). The van der Waals surface area contributed by atoms with Gasteiger partial charge in [-0.15, -0.1) is 0 Å². The molecule has 0 fully saturated rings. The Labute approximate surface area is 173 Å². The summed E-state index contributed by atoms with van der Waals surface area (Å²) in [5.41, 5.74) is 8.06. The normalized spacial score (nSPS) is 9.90. The molecule has 1 aromatic carbocycles. The highest BCUT2D eigenvalue weighted by molar-refractivity contribution is 5.71. The maximum atomic E-state index is 13.5. The third-order valence-electron chi connectivity index (χ3n) is 4.10. The number of benzene rings is 1. The number of halogens is 1. The Balaban J connectivity index is 0.000000177. The summed E-state index contributed by atoms with van der Waals surface area (Å²) in [6.07, 6.45) is 8.20. The van der Waals surface area contributed by atoms with Gasteiger partial charge in [-0.05, 0) is 35.9 Å². The number of hydrogen-bond donors (Lipinski definition) is 1. The fourth-order valence-corrected chi connectivity index (χ4v) is 2.59. The molecular weight excluding hydrogens is 381 g/mol. The fraction of sp³-hybridized carbons (Fsp3) is 0.0455. The monoisotopic (exact) mass is 401 g/mol. The summed E-state index contributed by atoms with van der Waals surface area (Å²) in [4.78, 5) is 15.9. The minimum Gasteiger partial charge on any atom is -0.383 e. The Morgan fingerprint density at radius 1 is 0.933 bits per heavy atom. The summed E-state index contributed by atoms with van der Waals surface area (Å²) in [6, 6.07) is 15.8. The van der Waals surface area contributed by atoms with Gasteiger partial charge in [0.15, 0.2) is 0 Å². The number of aromatic nitrogens is 4. The van der Waals surface area contributed by atoms with Crippen molar-refractivity contribution >= 4 is 18.4 Å². The smallest absolute Gasteiger partial charge is 0.148 e. The largest absolute Gasteiger partial charge is 0.383 e. The topological polar surface area (TPSA) is 93.2 Å². The highest BCUT2D eigenvalue weighted by atomic mass is 19.1. The molecular formula is C22H20FN7. The molecule has 0 saturated carbocycles. The van der Waals surface area contributed by atoms with Crippen molar-refractivity contribution in [3.8, 4) is 11.1 Å². The van der Waals surface area contributed by atoms with Crippen molar-refractivity contribution in [3.63, 3.8) is 0 Å². The average molecular weight is 401 g/mol. The van der Waals surface area contributed by atoms with Gasteiger partial charge in [0.2, 0.25) is 0 Å². The van der Waals surface area contributed by atoms with Gasteiger partial charge in [0.25, 0.3) is 0 Å². The Kier molecular flexibility index (Phi) is 7.10. The van der Waals surface area contributed by atoms with E-state index in [9.17, 15) is 4.39 Å². The first-order chi connectivity index (χ1) is 14.7. The van der Waals surface area contributed by atoms with E-state index in [1.807, 2.05) is 24.3 Å². The van der Waals surface area contributed by atoms with Crippen molar-refractivity contribution in [3.05, 3.63) is 97.1 Å². The summed E-state index contributed by atoms with van der Waals surface area (Å²) in [5, 5.41) is 5.40. The zero-order valence-corrected chi connectivity index (χ0v) is 16.1. The molecule has 0 radical (unpaired) electrons. The lowest BCUT2D eigenvalue weighted by Crippen LogP contribution is -2.16. The third kappa shape index (κ3) is 5.41. The van der Waals surface area contributed by atoms with E-state index in [0.717, 1.165) is 11.1 Å². The first-order valence-corrected chi connectivity index (χ1v) is 9.03. The fourth-order valence-electron chi connectivity index (χ4n) is 2.59. The van der Waals surface area contributed by atoms with Crippen molar-refractivity contribution < 1.29 is 4.39 Å². The van der Waals surface area contributed by atoms with Crippen LogP contribution in [-0.4, -0.2) is 26.7 Å². The minimum atomic E-state index is -0.253. The molecule has 30 heavy (non-hydrogen) atoms. The molecule has 0 aliphatic rings. The third-order valence-corrected chi connectivity index (χ3v) is 4.10. The second-order valence-electron chi connectivity index (χ2n) is 6.04. The van der Waals surface area contributed by atoms with Crippen LogP contribution in [0.3, 0.4) is 0 Å². The summed E-state index contributed by atoms with van der Waals surface area (Å²) < 4.78 is 13.5. The van der Waals surface area contributed by atoms with Crippen LogP contribution in [0.25, 0.3) is 11.1 Å². The maximum Gasteiger partial charge on any atom is 0.148 e. The quantitative estimate of drug-likeness (QED) is 0.402. The van der Waals surface area contributed by atoms with Crippen molar-refractivity contribution in [2.75, 3.05) is 10.7 Å². The Bertz CT molecular complexity index is 1070. The van der Waals surface area contributed by atoms with Gasteiger partial charge in [0, 0.05) is 42.6 Å². The summed E-state index contributed by atoms with van der Waals surface area (Å²) in [6.45, 7) is 3.79. The van der Waals surface area contributed by atoms with Crippen LogP contribution in [0.4, 0.5) is 16.0 Å². The Morgan fingerprint density at radius 2 is 1.70 bits per heavy atom. The van der Waals surface area contributed by atoms with Gasteiger partial charge in [-0.25, -0.2) is 24.4 Å². The van der Waals surface area contributed by atoms with Crippen LogP contribution in [0.15, 0.2) is 90.8 Å². The molecule has 0 bridgehead atoms. The summed E-state index contributed by atoms with van der Waals surface area (Å²) >= 11 is 0. The van der Waals surface area contributed by atoms with Gasteiger partial charge >= 0.3 is 0 Å². The first-order valence-electron chi connectivity index (χ1n) is 9.03. The predicted molar refractivity (Wildman–Crippen MR) is 116 cm³/mol. The first kappa shape index (κ1) is 20.5. The number of rotatable bonds is 5. The van der Waals surface area contributed by atoms with Crippen molar-refractivity contribution in [2.45, 2.75) is 6.54 Å². The second-order valence-corrected chi connectivity index (χ2v) is 6.04. The molecule has 8 heteroatoms. The van der Waals surface area contributed by atoms with E-state index in [-0.39, 0.29) is 5.82 Å². The maximum absolute atomic E-state index is 13.5. The molecule has 0 amide bonds. The van der Waals surface area contributed by atoms with Crippen LogP contribution >= 0.6 is 0 Å². The van der Waals surface area contributed by atoms with Crippen LogP contribution in [-0.2, 0) is 6.54 Å². The molecule has 0 spiro atoms. The lowest BCUT2D eigenvalue weighted by molar-refractivity contribution is 0.605. The molecule has 2 N–H and O–H groups in total. The van der Waals surface area contributed by atoms with Crippen LogP contribution in [0.2, 0.25) is 0 Å². The molecule has 3 aromatic heterocycles. The minimum absolute atomic E-state index is 0.253. The van der Waals surface area contributed by atoms with Crippen LogP contribution in [0.5, 0.6) is 0 Å². The second kappa shape index (κ2) is 10.4. The van der Waals surface area contributed by atoms with Gasteiger partial charge in [-0.2, -0.15) is 5.10 Å². The molecule has 150 valence electrons. The Morgan fingerprint density at radius 3 is 2.37 bits per heavy atom. The molecule has 0 unspecified atom stereocenters. The molecule has 0 atom stereocenters. The number of nitrogen functional groups attached to an aromatic ring is 1. The Hall–Kier alpha value is -4.20. The van der Waals surface area contributed by atoms with E-state index in [4.69, 9.17) is 5.73 Å². The number of hydrazone groups is 1. The molecule has 0 saturated heterocycles. The van der Waals surface area contributed by atoms with E-state index in [1.54, 1.807) is 54.1 Å². The predicted octanol–water partition coefficient (Wildman–Crippen LogP) is 3.96. The van der Waals surface area contributed by atoms with E-state index in [0.29, 0.717) is 23.7 Å². The highest BCUT2D eigenvalue weighted by Gasteiger charge is 2.08. The summed E-state index contributed by atoms with van der Waals surface area (Å²) in [5.74, 6) is 0.879. The molecule has 0 aliphatic heterocycles. The number of pyridine rings is 2. The lowest BCUT2D eigenvalue weighted by Gasteiger charge is -2.17. The zero-order chi connectivity index (χ0) is 21.2. The average Bonchev–Trinajstić information content (AvgIpc) is 2.80. The molecule has 4 rings (SSSR count). The zero-order valence-electron chi connectivity index (χ0n) is 16.1. The van der Waals surface area contributed by atoms with Crippen LogP contribution < -0.4 is 10.7 Å². The highest BCUT2D eigenvalue weighted by Crippen LogP contribution is 2.21. The van der Waals surface area contributed by atoms with E-state index in [1.165, 1.54) is 12.4 Å². The number of hydrogen-bond acceptors (Lipinski definition) is 7. The van der Waals surface area contributed by atoms with E-state index in [2.05, 4.69) is 31.8 Å². The number of nitrogens with two attached hydrogens (primary N) is 1. The van der Waals surface area contributed by atoms with Gasteiger partial charge in [-0.1, -0.05) is 24.3 Å². The number of nitrogens with zero attached hydrogens (tertiary/aromatic N) is 6. The van der Waals surface area contributed by atoms with Crippen LogP contribution in [0.1, 0.15) is 5.56 Å². The summed E-state index contributed by atoms with van der Waals surface area (Å²) in [7, 11) is 0. The van der Waals surface area contributed by atoms with Gasteiger partial charge < -0.3 is 5.73 Å². The van der Waals surface area contributed by atoms with Crippen molar-refractivity contribution in [1.82, 2.24) is 19.9 Å². The van der Waals surface area contributed by atoms with Crippen LogP contribution in [0, 0.1) is 5.82 Å². The SMILES string of the molecule is C=NN(Cc1ccccc1F)c1ccccn1.Nc1ncncc1-c1ccncc1. The van der Waals surface area contributed by atoms with Crippen molar-refractivity contribution in [2.24, 2.45) is 5.10 Å².